The first-order valence-corrected chi connectivity index (χ1v) is 6.87. The van der Waals surface area contributed by atoms with Crippen molar-refractivity contribution in [1.29, 1.82) is 0 Å². The van der Waals surface area contributed by atoms with Gasteiger partial charge in [0.15, 0.2) is 0 Å². The van der Waals surface area contributed by atoms with Gasteiger partial charge >= 0.3 is 0 Å². The van der Waals surface area contributed by atoms with Gasteiger partial charge in [0.25, 0.3) is 0 Å². The van der Waals surface area contributed by atoms with E-state index in [1.54, 1.807) is 6.92 Å². The van der Waals surface area contributed by atoms with Crippen LogP contribution < -0.4 is 5.32 Å². The van der Waals surface area contributed by atoms with Crippen molar-refractivity contribution in [3.8, 4) is 0 Å². The van der Waals surface area contributed by atoms with Crippen LogP contribution in [0.2, 0.25) is 5.02 Å². The highest BCUT2D eigenvalue weighted by Gasteiger charge is 2.21. The van der Waals surface area contributed by atoms with E-state index in [0.717, 1.165) is 17.2 Å². The van der Waals surface area contributed by atoms with Crippen LogP contribution in [0.25, 0.3) is 0 Å². The molecule has 1 aromatic carbocycles. The molecule has 2 N–H and O–H groups in total. The van der Waals surface area contributed by atoms with Crippen LogP contribution in [0.4, 0.5) is 0 Å². The SMILES string of the molecule is C[C@@H](O)CNC1CCSc2c(Cl)cccc21. The number of hydrogen-bond acceptors (Lipinski definition) is 3. The van der Waals surface area contributed by atoms with E-state index in [0.29, 0.717) is 12.6 Å². The molecular formula is C12H16ClNOS. The Hall–Kier alpha value is -0.220. The molecule has 1 heterocycles. The predicted molar refractivity (Wildman–Crippen MR) is 69.2 cm³/mol. The van der Waals surface area contributed by atoms with Gasteiger partial charge in [-0.05, 0) is 30.7 Å². The molecule has 2 nitrogen and oxygen atoms in total. The molecule has 16 heavy (non-hydrogen) atoms. The molecule has 1 aliphatic heterocycles. The molecule has 0 spiro atoms. The van der Waals surface area contributed by atoms with Gasteiger partial charge in [0, 0.05) is 17.5 Å². The summed E-state index contributed by atoms with van der Waals surface area (Å²) in [6.45, 7) is 2.42. The molecule has 2 atom stereocenters. The number of rotatable bonds is 3. The maximum atomic E-state index is 9.29. The molecule has 2 rings (SSSR count). The normalized spacial score (nSPS) is 21.6. The standard InChI is InChI=1S/C12H16ClNOS/c1-8(15)7-14-11-5-6-16-12-9(11)3-2-4-10(12)13/h2-4,8,11,14-15H,5-7H2,1H3/t8-,11?/m1/s1. The minimum Gasteiger partial charge on any atom is -0.392 e. The fourth-order valence-corrected chi connectivity index (χ4v) is 3.40. The van der Waals surface area contributed by atoms with E-state index in [1.807, 2.05) is 23.9 Å². The summed E-state index contributed by atoms with van der Waals surface area (Å²) in [5, 5.41) is 13.5. The Labute approximate surface area is 105 Å². The minimum absolute atomic E-state index is 0.308. The van der Waals surface area contributed by atoms with Crippen LogP contribution >= 0.6 is 23.4 Å². The molecule has 0 saturated heterocycles. The van der Waals surface area contributed by atoms with Gasteiger partial charge in [0.05, 0.1) is 11.1 Å². The van der Waals surface area contributed by atoms with Gasteiger partial charge in [0.1, 0.15) is 0 Å². The van der Waals surface area contributed by atoms with Crippen LogP contribution in [-0.2, 0) is 0 Å². The molecule has 4 heteroatoms. The average molecular weight is 258 g/mol. The second-order valence-corrected chi connectivity index (χ2v) is 5.62. The van der Waals surface area contributed by atoms with Crippen molar-refractivity contribution in [2.75, 3.05) is 12.3 Å². The van der Waals surface area contributed by atoms with E-state index in [-0.39, 0.29) is 6.10 Å². The molecular weight excluding hydrogens is 242 g/mol. The number of aliphatic hydroxyl groups is 1. The second kappa shape index (κ2) is 5.41. The zero-order valence-electron chi connectivity index (χ0n) is 9.24. The third-order valence-corrected chi connectivity index (χ3v) is 4.30. The molecule has 88 valence electrons. The molecule has 0 aromatic heterocycles. The highest BCUT2D eigenvalue weighted by molar-refractivity contribution is 7.99. The first kappa shape index (κ1) is 12.2. The molecule has 0 bridgehead atoms. The van der Waals surface area contributed by atoms with Gasteiger partial charge in [-0.2, -0.15) is 0 Å². The fraction of sp³-hybridized carbons (Fsp3) is 0.500. The Morgan fingerprint density at radius 2 is 2.44 bits per heavy atom. The second-order valence-electron chi connectivity index (χ2n) is 4.11. The number of benzene rings is 1. The summed E-state index contributed by atoms with van der Waals surface area (Å²) < 4.78 is 0. The Morgan fingerprint density at radius 1 is 1.62 bits per heavy atom. The number of halogens is 1. The van der Waals surface area contributed by atoms with E-state index >= 15 is 0 Å². The van der Waals surface area contributed by atoms with Crippen LogP contribution in [0.15, 0.2) is 23.1 Å². The number of thioether (sulfide) groups is 1. The van der Waals surface area contributed by atoms with Crippen molar-refractivity contribution >= 4 is 23.4 Å². The van der Waals surface area contributed by atoms with Crippen LogP contribution in [-0.4, -0.2) is 23.5 Å². The summed E-state index contributed by atoms with van der Waals surface area (Å²) >= 11 is 7.99. The Bertz CT molecular complexity index is 370. The summed E-state index contributed by atoms with van der Waals surface area (Å²) in [5.41, 5.74) is 1.27. The summed E-state index contributed by atoms with van der Waals surface area (Å²) in [4.78, 5) is 1.19. The first-order valence-electron chi connectivity index (χ1n) is 5.51. The molecule has 0 radical (unpaired) electrons. The van der Waals surface area contributed by atoms with Crippen LogP contribution in [0, 0.1) is 0 Å². The first-order chi connectivity index (χ1) is 7.68. The molecule has 1 unspecified atom stereocenters. The molecule has 1 aromatic rings. The van der Waals surface area contributed by atoms with Crippen molar-refractivity contribution in [3.63, 3.8) is 0 Å². The number of nitrogens with one attached hydrogen (secondary N) is 1. The largest absolute Gasteiger partial charge is 0.392 e. The number of hydrogen-bond donors (Lipinski definition) is 2. The van der Waals surface area contributed by atoms with E-state index in [9.17, 15) is 5.11 Å². The topological polar surface area (TPSA) is 32.3 Å². The van der Waals surface area contributed by atoms with Gasteiger partial charge in [-0.3, -0.25) is 0 Å². The van der Waals surface area contributed by atoms with Gasteiger partial charge in [0.2, 0.25) is 0 Å². The molecule has 1 aliphatic rings. The monoisotopic (exact) mass is 257 g/mol. The molecule has 0 aliphatic carbocycles. The van der Waals surface area contributed by atoms with Crippen molar-refractivity contribution in [2.45, 2.75) is 30.4 Å². The maximum Gasteiger partial charge on any atom is 0.0636 e. The van der Waals surface area contributed by atoms with Crippen molar-refractivity contribution in [1.82, 2.24) is 5.32 Å². The fourth-order valence-electron chi connectivity index (χ4n) is 1.91. The van der Waals surface area contributed by atoms with Crippen LogP contribution in [0.5, 0.6) is 0 Å². The van der Waals surface area contributed by atoms with Gasteiger partial charge in [-0.25, -0.2) is 0 Å². The van der Waals surface area contributed by atoms with E-state index < -0.39 is 0 Å². The smallest absolute Gasteiger partial charge is 0.0636 e. The Kier molecular flexibility index (Phi) is 4.14. The summed E-state index contributed by atoms with van der Waals surface area (Å²) in [5.74, 6) is 1.08. The highest BCUT2D eigenvalue weighted by atomic mass is 35.5. The maximum absolute atomic E-state index is 9.29. The van der Waals surface area contributed by atoms with Crippen molar-refractivity contribution < 1.29 is 5.11 Å². The molecule has 0 amide bonds. The van der Waals surface area contributed by atoms with Gasteiger partial charge in [-0.1, -0.05) is 23.7 Å². The molecule has 0 fully saturated rings. The third kappa shape index (κ3) is 2.72. The predicted octanol–water partition coefficient (Wildman–Crippen LogP) is 2.85. The highest BCUT2D eigenvalue weighted by Crippen LogP contribution is 2.40. The van der Waals surface area contributed by atoms with Crippen LogP contribution in [0.3, 0.4) is 0 Å². The summed E-state index contributed by atoms with van der Waals surface area (Å²) in [6.07, 6.45) is 0.780. The Balaban J connectivity index is 2.16. The van der Waals surface area contributed by atoms with Crippen molar-refractivity contribution in [2.24, 2.45) is 0 Å². The zero-order valence-corrected chi connectivity index (χ0v) is 10.8. The summed E-state index contributed by atoms with van der Waals surface area (Å²) in [7, 11) is 0. The molecule has 0 saturated carbocycles. The number of fused-ring (bicyclic) bond motifs is 1. The lowest BCUT2D eigenvalue weighted by Crippen LogP contribution is -2.30. The zero-order chi connectivity index (χ0) is 11.5. The Morgan fingerprint density at radius 3 is 3.19 bits per heavy atom. The van der Waals surface area contributed by atoms with Crippen molar-refractivity contribution in [3.05, 3.63) is 28.8 Å². The summed E-state index contributed by atoms with van der Waals surface area (Å²) in [6, 6.07) is 6.37. The van der Waals surface area contributed by atoms with Gasteiger partial charge < -0.3 is 10.4 Å². The van der Waals surface area contributed by atoms with Crippen LogP contribution in [0.1, 0.15) is 24.9 Å². The quantitative estimate of drug-likeness (QED) is 0.874. The average Bonchev–Trinajstić information content (AvgIpc) is 2.27. The minimum atomic E-state index is -0.308. The lowest BCUT2D eigenvalue weighted by Gasteiger charge is -2.27. The van der Waals surface area contributed by atoms with E-state index in [2.05, 4.69) is 11.4 Å². The lowest BCUT2D eigenvalue weighted by atomic mass is 10.0. The van der Waals surface area contributed by atoms with Gasteiger partial charge in [-0.15, -0.1) is 11.8 Å². The number of aliphatic hydroxyl groups excluding tert-OH is 1. The lowest BCUT2D eigenvalue weighted by molar-refractivity contribution is 0.185. The van der Waals surface area contributed by atoms with E-state index in [1.165, 1.54) is 10.5 Å². The van der Waals surface area contributed by atoms with E-state index in [4.69, 9.17) is 11.6 Å². The third-order valence-electron chi connectivity index (χ3n) is 2.69.